The van der Waals surface area contributed by atoms with E-state index in [1.165, 1.54) is 25.0 Å². The summed E-state index contributed by atoms with van der Waals surface area (Å²) in [4.78, 5) is 43.2. The standard InChI is InChI=1S/C16H24O4.C4H6O7S.Na/c17-15(19-13-7-3-1-4-8-13)11-12-16(18)20-14-9-5-2-6-10-14;5-3(6)1-2(4(7)8)12(9,10)11;/h11-14H,1-10H2;2H,1H2,(H,5,6)(H,7,8)(H,9,10,11);/b12-11-;;. The van der Waals surface area contributed by atoms with Gasteiger partial charge in [0.05, 0.1) is 6.42 Å². The minimum absolute atomic E-state index is 0. The Morgan fingerprint density at radius 3 is 1.39 bits per heavy atom. The molecule has 0 aromatic heterocycles. The number of rotatable bonds is 8. The van der Waals surface area contributed by atoms with Crippen molar-refractivity contribution in [2.75, 3.05) is 0 Å². The van der Waals surface area contributed by atoms with E-state index in [1.807, 2.05) is 0 Å². The minimum atomic E-state index is -4.84. The normalized spacial score (nSPS) is 18.2. The monoisotopic (exact) mass is 501 g/mol. The molecule has 0 saturated heterocycles. The zero-order valence-electron chi connectivity index (χ0n) is 18.7. The van der Waals surface area contributed by atoms with E-state index in [-0.39, 0.29) is 41.8 Å². The molecule has 0 spiro atoms. The van der Waals surface area contributed by atoms with Crippen LogP contribution in [0, 0.1) is 0 Å². The molecule has 1 radical (unpaired) electrons. The van der Waals surface area contributed by atoms with E-state index >= 15 is 0 Å². The number of carbonyl (C=O) groups excluding carboxylic acids is 2. The quantitative estimate of drug-likeness (QED) is 0.191. The third-order valence-corrected chi connectivity index (χ3v) is 6.11. The van der Waals surface area contributed by atoms with Crippen LogP contribution < -0.4 is 0 Å². The molecule has 33 heavy (non-hydrogen) atoms. The molecule has 2 aliphatic carbocycles. The van der Waals surface area contributed by atoms with Crippen LogP contribution in [0.4, 0.5) is 0 Å². The number of hydrogen-bond donors (Lipinski definition) is 3. The Balaban J connectivity index is 0.000000685. The summed E-state index contributed by atoms with van der Waals surface area (Å²) in [5.41, 5.74) is 0. The molecule has 2 fully saturated rings. The Morgan fingerprint density at radius 2 is 1.15 bits per heavy atom. The van der Waals surface area contributed by atoms with Crippen molar-refractivity contribution in [1.29, 1.82) is 0 Å². The molecule has 0 heterocycles. The number of carbonyl (C=O) groups is 4. The van der Waals surface area contributed by atoms with Crippen LogP contribution in [0.5, 0.6) is 0 Å². The Labute approximate surface area is 214 Å². The predicted octanol–water partition coefficient (Wildman–Crippen LogP) is 1.72. The van der Waals surface area contributed by atoms with Gasteiger partial charge >= 0.3 is 23.9 Å². The van der Waals surface area contributed by atoms with Gasteiger partial charge in [-0.05, 0) is 51.4 Å². The number of esters is 2. The molecule has 183 valence electrons. The van der Waals surface area contributed by atoms with Gasteiger partial charge in [-0.2, -0.15) is 8.42 Å². The second-order valence-corrected chi connectivity index (χ2v) is 9.27. The van der Waals surface area contributed by atoms with Gasteiger partial charge in [0.15, 0.2) is 5.25 Å². The fourth-order valence-corrected chi connectivity index (χ4v) is 4.00. The summed E-state index contributed by atoms with van der Waals surface area (Å²) in [6.07, 6.45) is 11.9. The van der Waals surface area contributed by atoms with E-state index in [1.54, 1.807) is 0 Å². The van der Waals surface area contributed by atoms with Crippen LogP contribution in [-0.2, 0) is 38.8 Å². The van der Waals surface area contributed by atoms with Gasteiger partial charge in [-0.1, -0.05) is 12.8 Å². The van der Waals surface area contributed by atoms with E-state index in [9.17, 15) is 27.6 Å². The van der Waals surface area contributed by atoms with E-state index in [4.69, 9.17) is 24.2 Å². The van der Waals surface area contributed by atoms with Gasteiger partial charge in [0, 0.05) is 41.7 Å². The summed E-state index contributed by atoms with van der Waals surface area (Å²) in [6.45, 7) is 0. The summed E-state index contributed by atoms with van der Waals surface area (Å²) >= 11 is 0. The Hall–Kier alpha value is -1.47. The zero-order valence-corrected chi connectivity index (χ0v) is 21.5. The van der Waals surface area contributed by atoms with E-state index in [2.05, 4.69) is 0 Å². The molecule has 1 unspecified atom stereocenters. The number of aliphatic carboxylic acids is 2. The van der Waals surface area contributed by atoms with Gasteiger partial charge < -0.3 is 19.7 Å². The second-order valence-electron chi connectivity index (χ2n) is 7.67. The van der Waals surface area contributed by atoms with Crippen LogP contribution in [0.3, 0.4) is 0 Å². The van der Waals surface area contributed by atoms with Crippen LogP contribution >= 0.6 is 0 Å². The summed E-state index contributed by atoms with van der Waals surface area (Å²) in [5, 5.41) is 13.9. The maximum Gasteiger partial charge on any atom is 0.331 e. The van der Waals surface area contributed by atoms with Crippen molar-refractivity contribution in [2.24, 2.45) is 0 Å². The molecule has 2 rings (SSSR count). The average molecular weight is 502 g/mol. The third kappa shape index (κ3) is 14.4. The van der Waals surface area contributed by atoms with Crippen LogP contribution in [0.25, 0.3) is 0 Å². The third-order valence-electron chi connectivity index (χ3n) is 5.02. The number of ether oxygens (including phenoxy) is 2. The maximum absolute atomic E-state index is 11.6. The van der Waals surface area contributed by atoms with Crippen LogP contribution in [0.15, 0.2) is 12.2 Å². The molecule has 11 nitrogen and oxygen atoms in total. The second kappa shape index (κ2) is 16.2. The average Bonchev–Trinajstić information content (AvgIpc) is 2.71. The van der Waals surface area contributed by atoms with Gasteiger partial charge in [-0.15, -0.1) is 0 Å². The van der Waals surface area contributed by atoms with Crippen LogP contribution in [0.1, 0.15) is 70.6 Å². The van der Waals surface area contributed by atoms with Crippen molar-refractivity contribution in [1.82, 2.24) is 0 Å². The largest absolute Gasteiger partial charge is 0.481 e. The SMILES string of the molecule is O=C(/C=C\C(=O)OC1CCCCC1)OC1CCCCC1.O=C(O)CC(C(=O)O)S(=O)(=O)O.[Na]. The summed E-state index contributed by atoms with van der Waals surface area (Å²) in [5.74, 6) is -4.37. The summed E-state index contributed by atoms with van der Waals surface area (Å²) in [6, 6.07) is 0. The van der Waals surface area contributed by atoms with Crippen LogP contribution in [-0.4, -0.2) is 94.1 Å². The number of carboxylic acid groups (broad SMARTS) is 2. The van der Waals surface area contributed by atoms with Gasteiger partial charge in [-0.25, -0.2) is 9.59 Å². The molecule has 0 amide bonds. The molecule has 0 aromatic rings. The van der Waals surface area contributed by atoms with Crippen molar-refractivity contribution in [2.45, 2.75) is 88.1 Å². The van der Waals surface area contributed by atoms with E-state index < -0.39 is 45.7 Å². The van der Waals surface area contributed by atoms with Crippen molar-refractivity contribution >= 4 is 63.6 Å². The number of carboxylic acids is 2. The first kappa shape index (κ1) is 31.5. The Kier molecular flexibility index (Phi) is 15.5. The molecule has 13 heteroatoms. The molecule has 0 aromatic carbocycles. The van der Waals surface area contributed by atoms with Gasteiger partial charge in [0.2, 0.25) is 0 Å². The predicted molar refractivity (Wildman–Crippen MR) is 116 cm³/mol. The smallest absolute Gasteiger partial charge is 0.331 e. The molecule has 0 aliphatic heterocycles. The first-order valence-electron chi connectivity index (χ1n) is 10.5. The van der Waals surface area contributed by atoms with Gasteiger partial charge in [-0.3, -0.25) is 14.1 Å². The van der Waals surface area contributed by atoms with Crippen molar-refractivity contribution in [3.8, 4) is 0 Å². The fraction of sp³-hybridized carbons (Fsp3) is 0.700. The van der Waals surface area contributed by atoms with E-state index in [0.29, 0.717) is 0 Å². The van der Waals surface area contributed by atoms with E-state index in [0.717, 1.165) is 51.4 Å². The fourth-order valence-electron chi connectivity index (χ4n) is 3.39. The first-order valence-corrected chi connectivity index (χ1v) is 12.0. The van der Waals surface area contributed by atoms with Crippen molar-refractivity contribution in [3.05, 3.63) is 12.2 Å². The molecule has 1 atom stereocenters. The van der Waals surface area contributed by atoms with Crippen molar-refractivity contribution < 1.29 is 51.8 Å². The summed E-state index contributed by atoms with van der Waals surface area (Å²) < 4.78 is 39.3. The molecular formula is C20H30NaO11S. The van der Waals surface area contributed by atoms with Crippen molar-refractivity contribution in [3.63, 3.8) is 0 Å². The van der Waals surface area contributed by atoms with Gasteiger partial charge in [0.1, 0.15) is 12.2 Å². The maximum atomic E-state index is 11.6. The zero-order chi connectivity index (χ0) is 24.1. The Morgan fingerprint density at radius 1 is 0.788 bits per heavy atom. The molecule has 3 N–H and O–H groups in total. The molecule has 2 saturated carbocycles. The molecular weight excluding hydrogens is 471 g/mol. The van der Waals surface area contributed by atoms with Crippen LogP contribution in [0.2, 0.25) is 0 Å². The molecule has 2 aliphatic rings. The minimum Gasteiger partial charge on any atom is -0.481 e. The molecule has 0 bridgehead atoms. The first-order chi connectivity index (χ1) is 15.0. The summed E-state index contributed by atoms with van der Waals surface area (Å²) in [7, 11) is -4.84. The Bertz CT molecular complexity index is 748. The van der Waals surface area contributed by atoms with Gasteiger partial charge in [0.25, 0.3) is 10.1 Å². The number of hydrogen-bond acceptors (Lipinski definition) is 8. The topological polar surface area (TPSA) is 182 Å².